The Balaban J connectivity index is 1.86. The van der Waals surface area contributed by atoms with Crippen LogP contribution in [0.2, 0.25) is 0 Å². The van der Waals surface area contributed by atoms with Gasteiger partial charge >= 0.3 is 12.0 Å². The van der Waals surface area contributed by atoms with Crippen molar-refractivity contribution in [2.24, 2.45) is 0 Å². The van der Waals surface area contributed by atoms with E-state index < -0.39 is 5.97 Å². The first kappa shape index (κ1) is 14.6. The fourth-order valence-corrected chi connectivity index (χ4v) is 2.94. The maximum Gasteiger partial charge on any atom is 0.318 e. The van der Waals surface area contributed by atoms with Gasteiger partial charge in [-0.25, -0.2) is 4.79 Å². The molecule has 3 N–H and O–H groups in total. The zero-order valence-electron chi connectivity index (χ0n) is 11.4. The standard InChI is InChI=1S/C13H21N3O4/c17-11-8-16(10-5-2-1-4-9(10)15-11)13(20)14-7-3-6-12(18)19/h9-10H,1-8H2,(H,14,20)(H,15,17)(H,18,19). The fourth-order valence-electron chi connectivity index (χ4n) is 2.94. The number of piperazine rings is 1. The number of hydrogen-bond acceptors (Lipinski definition) is 3. The molecule has 1 saturated carbocycles. The smallest absolute Gasteiger partial charge is 0.318 e. The number of hydrogen-bond donors (Lipinski definition) is 3. The lowest BCUT2D eigenvalue weighted by Gasteiger charge is -2.43. The van der Waals surface area contributed by atoms with E-state index in [1.807, 2.05) is 0 Å². The van der Waals surface area contributed by atoms with Gasteiger partial charge in [-0.15, -0.1) is 0 Å². The number of aliphatic carboxylic acids is 1. The van der Waals surface area contributed by atoms with Gasteiger partial charge in [-0.3, -0.25) is 9.59 Å². The molecule has 1 saturated heterocycles. The molecule has 0 spiro atoms. The first-order valence-electron chi connectivity index (χ1n) is 7.13. The van der Waals surface area contributed by atoms with E-state index in [0.29, 0.717) is 13.0 Å². The van der Waals surface area contributed by atoms with Crippen molar-refractivity contribution in [2.75, 3.05) is 13.1 Å². The van der Waals surface area contributed by atoms with E-state index in [1.165, 1.54) is 0 Å². The van der Waals surface area contributed by atoms with Gasteiger partial charge in [-0.2, -0.15) is 0 Å². The average molecular weight is 283 g/mol. The molecule has 7 nitrogen and oxygen atoms in total. The molecule has 1 aliphatic heterocycles. The molecule has 0 radical (unpaired) electrons. The number of carbonyl (C=O) groups excluding carboxylic acids is 2. The van der Waals surface area contributed by atoms with Gasteiger partial charge < -0.3 is 20.6 Å². The molecule has 112 valence electrons. The Morgan fingerprint density at radius 3 is 2.85 bits per heavy atom. The Bertz CT molecular complexity index is 399. The molecule has 2 unspecified atom stereocenters. The number of nitrogens with one attached hydrogen (secondary N) is 2. The number of rotatable bonds is 4. The molecule has 0 bridgehead atoms. The lowest BCUT2D eigenvalue weighted by molar-refractivity contribution is -0.137. The van der Waals surface area contributed by atoms with Gasteiger partial charge in [0, 0.05) is 19.0 Å². The molecule has 1 heterocycles. The van der Waals surface area contributed by atoms with Crippen LogP contribution in [0.4, 0.5) is 4.79 Å². The number of carboxylic acids is 1. The summed E-state index contributed by atoms with van der Waals surface area (Å²) in [5.41, 5.74) is 0. The van der Waals surface area contributed by atoms with E-state index in [2.05, 4.69) is 10.6 Å². The Hall–Kier alpha value is -1.79. The molecule has 2 rings (SSSR count). The van der Waals surface area contributed by atoms with E-state index in [0.717, 1.165) is 25.7 Å². The van der Waals surface area contributed by atoms with Gasteiger partial charge in [0.05, 0.1) is 6.04 Å². The summed E-state index contributed by atoms with van der Waals surface area (Å²) >= 11 is 0. The van der Waals surface area contributed by atoms with Crippen LogP contribution in [-0.4, -0.2) is 53.1 Å². The molecular formula is C13H21N3O4. The second kappa shape index (κ2) is 6.58. The molecule has 2 atom stereocenters. The second-order valence-electron chi connectivity index (χ2n) is 5.38. The van der Waals surface area contributed by atoms with Crippen LogP contribution in [0, 0.1) is 0 Å². The minimum atomic E-state index is -0.871. The van der Waals surface area contributed by atoms with Gasteiger partial charge in [-0.1, -0.05) is 12.8 Å². The summed E-state index contributed by atoms with van der Waals surface area (Å²) in [6.45, 7) is 0.409. The van der Waals surface area contributed by atoms with Crippen molar-refractivity contribution in [3.05, 3.63) is 0 Å². The highest BCUT2D eigenvalue weighted by atomic mass is 16.4. The summed E-state index contributed by atoms with van der Waals surface area (Å²) < 4.78 is 0. The molecule has 1 aliphatic carbocycles. The van der Waals surface area contributed by atoms with Crippen LogP contribution >= 0.6 is 0 Å². The summed E-state index contributed by atoms with van der Waals surface area (Å²) in [6.07, 6.45) is 4.41. The van der Waals surface area contributed by atoms with E-state index in [1.54, 1.807) is 4.90 Å². The van der Waals surface area contributed by atoms with E-state index in [4.69, 9.17) is 5.11 Å². The van der Waals surface area contributed by atoms with E-state index in [9.17, 15) is 14.4 Å². The second-order valence-corrected chi connectivity index (χ2v) is 5.38. The number of carbonyl (C=O) groups is 3. The van der Waals surface area contributed by atoms with Crippen LogP contribution in [0.25, 0.3) is 0 Å². The lowest BCUT2D eigenvalue weighted by Crippen LogP contribution is -2.64. The van der Waals surface area contributed by atoms with Gasteiger partial charge in [0.1, 0.15) is 6.54 Å². The minimum Gasteiger partial charge on any atom is -0.481 e. The number of carboxylic acid groups (broad SMARTS) is 1. The zero-order chi connectivity index (χ0) is 14.5. The van der Waals surface area contributed by atoms with Crippen molar-refractivity contribution in [1.29, 1.82) is 0 Å². The van der Waals surface area contributed by atoms with Crippen molar-refractivity contribution in [2.45, 2.75) is 50.6 Å². The molecule has 2 fully saturated rings. The Morgan fingerprint density at radius 2 is 2.10 bits per heavy atom. The lowest BCUT2D eigenvalue weighted by atomic mass is 9.87. The number of urea groups is 1. The summed E-state index contributed by atoms with van der Waals surface area (Å²) in [6, 6.07) is -0.127. The summed E-state index contributed by atoms with van der Waals surface area (Å²) in [7, 11) is 0. The summed E-state index contributed by atoms with van der Waals surface area (Å²) in [5.74, 6) is -0.988. The van der Waals surface area contributed by atoms with Crippen molar-refractivity contribution in [3.63, 3.8) is 0 Å². The summed E-state index contributed by atoms with van der Waals surface area (Å²) in [4.78, 5) is 35.8. The van der Waals surface area contributed by atoms with Crippen LogP contribution in [0.3, 0.4) is 0 Å². The SMILES string of the molecule is O=C(O)CCCNC(=O)N1CC(=O)NC2CCCCC21. The van der Waals surface area contributed by atoms with Crippen molar-refractivity contribution < 1.29 is 19.5 Å². The third kappa shape index (κ3) is 3.61. The summed E-state index contributed by atoms with van der Waals surface area (Å²) in [5, 5.41) is 14.2. The van der Waals surface area contributed by atoms with E-state index in [-0.39, 0.29) is 37.0 Å². The monoisotopic (exact) mass is 283 g/mol. The van der Waals surface area contributed by atoms with Crippen LogP contribution in [-0.2, 0) is 9.59 Å². The molecular weight excluding hydrogens is 262 g/mol. The molecule has 7 heteroatoms. The van der Waals surface area contributed by atoms with Crippen molar-refractivity contribution in [1.82, 2.24) is 15.5 Å². The first-order chi connectivity index (χ1) is 9.58. The topological polar surface area (TPSA) is 98.7 Å². The molecule has 20 heavy (non-hydrogen) atoms. The molecule has 0 aromatic carbocycles. The highest BCUT2D eigenvalue weighted by molar-refractivity contribution is 5.86. The average Bonchev–Trinajstić information content (AvgIpc) is 2.42. The highest BCUT2D eigenvalue weighted by Crippen LogP contribution is 2.25. The largest absolute Gasteiger partial charge is 0.481 e. The fraction of sp³-hybridized carbons (Fsp3) is 0.769. The van der Waals surface area contributed by atoms with Crippen LogP contribution in [0.1, 0.15) is 38.5 Å². The number of fused-ring (bicyclic) bond motifs is 1. The highest BCUT2D eigenvalue weighted by Gasteiger charge is 2.38. The van der Waals surface area contributed by atoms with Gasteiger partial charge in [0.15, 0.2) is 0 Å². The Kier molecular flexibility index (Phi) is 4.81. The predicted molar refractivity (Wildman–Crippen MR) is 71.2 cm³/mol. The molecule has 3 amide bonds. The zero-order valence-corrected chi connectivity index (χ0v) is 11.4. The predicted octanol–water partition coefficient (Wildman–Crippen LogP) is 0.304. The van der Waals surface area contributed by atoms with Gasteiger partial charge in [0.2, 0.25) is 5.91 Å². The Labute approximate surface area is 117 Å². The number of amides is 3. The van der Waals surface area contributed by atoms with Crippen molar-refractivity contribution >= 4 is 17.9 Å². The first-order valence-corrected chi connectivity index (χ1v) is 7.13. The van der Waals surface area contributed by atoms with Gasteiger partial charge in [-0.05, 0) is 19.3 Å². The van der Waals surface area contributed by atoms with Gasteiger partial charge in [0.25, 0.3) is 0 Å². The number of nitrogens with zero attached hydrogens (tertiary/aromatic N) is 1. The van der Waals surface area contributed by atoms with Crippen molar-refractivity contribution in [3.8, 4) is 0 Å². The minimum absolute atomic E-state index is 0.0345. The van der Waals surface area contributed by atoms with Crippen LogP contribution < -0.4 is 10.6 Å². The van der Waals surface area contributed by atoms with Crippen LogP contribution in [0.5, 0.6) is 0 Å². The third-order valence-corrected chi connectivity index (χ3v) is 3.89. The quantitative estimate of drug-likeness (QED) is 0.646. The van der Waals surface area contributed by atoms with Crippen LogP contribution in [0.15, 0.2) is 0 Å². The van der Waals surface area contributed by atoms with E-state index >= 15 is 0 Å². The maximum absolute atomic E-state index is 12.1. The third-order valence-electron chi connectivity index (χ3n) is 3.89. The molecule has 0 aromatic rings. The molecule has 2 aliphatic rings. The molecule has 0 aromatic heterocycles. The maximum atomic E-state index is 12.1. The normalized spacial score (nSPS) is 25.6. The Morgan fingerprint density at radius 1 is 1.35 bits per heavy atom.